The Morgan fingerprint density at radius 3 is 2.03 bits per heavy atom. The van der Waals surface area contributed by atoms with Gasteiger partial charge in [-0.25, -0.2) is 4.79 Å². The highest BCUT2D eigenvalue weighted by molar-refractivity contribution is 5.94. The lowest BCUT2D eigenvalue weighted by molar-refractivity contribution is -0.144. The number of primary amides is 2. The Labute approximate surface area is 190 Å². The van der Waals surface area contributed by atoms with Crippen molar-refractivity contribution in [2.24, 2.45) is 17.2 Å². The molecule has 186 valence electrons. The Kier molecular flexibility index (Phi) is 10.7. The van der Waals surface area contributed by atoms with E-state index in [0.29, 0.717) is 6.42 Å². The summed E-state index contributed by atoms with van der Waals surface area (Å²) in [6, 6.07) is -4.97. The molecule has 33 heavy (non-hydrogen) atoms. The van der Waals surface area contributed by atoms with Crippen LogP contribution in [0.3, 0.4) is 0 Å². The molecule has 0 radical (unpaired) electrons. The number of rotatable bonds is 13. The number of aliphatic carboxylic acids is 1. The minimum Gasteiger partial charge on any atom is -0.480 e. The molecule has 1 fully saturated rings. The number of hydrogen-bond donors (Lipinski definition) is 7. The van der Waals surface area contributed by atoms with Crippen molar-refractivity contribution in [2.45, 2.75) is 75.7 Å². The monoisotopic (exact) mass is 472 g/mol. The largest absolute Gasteiger partial charge is 0.480 e. The number of nitrogens with zero attached hydrogens (tertiary/aromatic N) is 1. The molecule has 0 saturated carbocycles. The van der Waals surface area contributed by atoms with E-state index in [0.717, 1.165) is 0 Å². The van der Waals surface area contributed by atoms with Gasteiger partial charge in [0.15, 0.2) is 0 Å². The van der Waals surface area contributed by atoms with E-state index in [2.05, 4.69) is 10.6 Å². The van der Waals surface area contributed by atoms with Crippen LogP contribution in [0.15, 0.2) is 0 Å². The summed E-state index contributed by atoms with van der Waals surface area (Å²) < 4.78 is 0. The lowest BCUT2D eigenvalue weighted by Crippen LogP contribution is -2.57. The van der Waals surface area contributed by atoms with Gasteiger partial charge in [-0.05, 0) is 32.6 Å². The molecule has 1 saturated heterocycles. The SMILES string of the molecule is CC(O)C(N)C(=O)N1CCCC1C(=O)NC(CCC(N)=O)C(=O)NC(CCC(N)=O)C(=O)O. The second-order valence-electron chi connectivity index (χ2n) is 7.93. The zero-order chi connectivity index (χ0) is 25.3. The van der Waals surface area contributed by atoms with Crippen molar-refractivity contribution in [1.82, 2.24) is 15.5 Å². The predicted molar refractivity (Wildman–Crippen MR) is 113 cm³/mol. The fraction of sp³-hybridized carbons (Fsp3) is 0.684. The highest BCUT2D eigenvalue weighted by atomic mass is 16.4. The maximum Gasteiger partial charge on any atom is 0.326 e. The molecule has 0 spiro atoms. The summed E-state index contributed by atoms with van der Waals surface area (Å²) in [6.07, 6.45) is -1.43. The Morgan fingerprint density at radius 1 is 1.00 bits per heavy atom. The molecule has 1 aliphatic heterocycles. The average Bonchev–Trinajstić information content (AvgIpc) is 3.21. The number of nitrogens with one attached hydrogen (secondary N) is 2. The third-order valence-corrected chi connectivity index (χ3v) is 5.25. The summed E-state index contributed by atoms with van der Waals surface area (Å²) in [7, 11) is 0. The molecule has 0 bridgehead atoms. The maximum absolute atomic E-state index is 12.9. The summed E-state index contributed by atoms with van der Waals surface area (Å²) >= 11 is 0. The lowest BCUT2D eigenvalue weighted by Gasteiger charge is -2.29. The number of aliphatic hydroxyl groups is 1. The molecule has 1 rings (SSSR count). The summed E-state index contributed by atoms with van der Waals surface area (Å²) in [4.78, 5) is 72.8. The first-order valence-electron chi connectivity index (χ1n) is 10.5. The Bertz CT molecular complexity index is 773. The first-order chi connectivity index (χ1) is 15.3. The molecule has 14 heteroatoms. The molecule has 1 heterocycles. The lowest BCUT2D eigenvalue weighted by atomic mass is 10.1. The van der Waals surface area contributed by atoms with E-state index >= 15 is 0 Å². The van der Waals surface area contributed by atoms with Gasteiger partial charge in [0.2, 0.25) is 29.5 Å². The zero-order valence-electron chi connectivity index (χ0n) is 18.4. The van der Waals surface area contributed by atoms with Crippen molar-refractivity contribution in [3.63, 3.8) is 0 Å². The van der Waals surface area contributed by atoms with Crippen molar-refractivity contribution < 1.29 is 39.0 Å². The number of carbonyl (C=O) groups is 6. The Hall–Kier alpha value is -3.26. The van der Waals surface area contributed by atoms with Crippen LogP contribution < -0.4 is 27.8 Å². The van der Waals surface area contributed by atoms with Crippen LogP contribution in [0.2, 0.25) is 0 Å². The minimum atomic E-state index is -1.45. The highest BCUT2D eigenvalue weighted by Crippen LogP contribution is 2.19. The van der Waals surface area contributed by atoms with Gasteiger partial charge >= 0.3 is 5.97 Å². The van der Waals surface area contributed by atoms with Gasteiger partial charge in [0, 0.05) is 19.4 Å². The van der Waals surface area contributed by atoms with Crippen LogP contribution in [-0.4, -0.2) is 87.4 Å². The number of likely N-dealkylation sites (tertiary alicyclic amines) is 1. The molecule has 14 nitrogen and oxygen atoms in total. The third-order valence-electron chi connectivity index (χ3n) is 5.25. The second kappa shape index (κ2) is 12.7. The minimum absolute atomic E-state index is 0.219. The third kappa shape index (κ3) is 8.65. The second-order valence-corrected chi connectivity index (χ2v) is 7.93. The molecule has 0 aromatic carbocycles. The number of carboxylic acids is 1. The van der Waals surface area contributed by atoms with Crippen LogP contribution >= 0.6 is 0 Å². The normalized spacial score (nSPS) is 19.1. The molecule has 5 unspecified atom stereocenters. The molecule has 5 atom stereocenters. The van der Waals surface area contributed by atoms with Gasteiger partial charge in [0.05, 0.1) is 6.10 Å². The first kappa shape index (κ1) is 27.8. The van der Waals surface area contributed by atoms with Crippen molar-refractivity contribution in [1.29, 1.82) is 0 Å². The molecule has 10 N–H and O–H groups in total. The summed E-state index contributed by atoms with van der Waals surface area (Å²) in [5.74, 6) is -5.14. The number of carboxylic acid groups (broad SMARTS) is 1. The standard InChI is InChI=1S/C19H32N6O8/c1-9(26)15(22)18(31)25-8-2-3-12(25)17(30)23-10(4-6-13(20)27)16(29)24-11(19(32)33)5-7-14(21)28/h9-12,15,26H,2-8,22H2,1H3,(H2,20,27)(H2,21,28)(H,23,30)(H,24,29)(H,32,33). The fourth-order valence-electron chi connectivity index (χ4n) is 3.34. The van der Waals surface area contributed by atoms with Gasteiger partial charge in [-0.3, -0.25) is 24.0 Å². The quantitative estimate of drug-likeness (QED) is 0.139. The van der Waals surface area contributed by atoms with E-state index in [1.807, 2.05) is 0 Å². The molecule has 5 amide bonds. The van der Waals surface area contributed by atoms with Gasteiger partial charge in [-0.15, -0.1) is 0 Å². The number of amides is 5. The molecular formula is C19H32N6O8. The van der Waals surface area contributed by atoms with Crippen molar-refractivity contribution in [3.05, 3.63) is 0 Å². The summed E-state index contributed by atoms with van der Waals surface area (Å²) in [6.45, 7) is 1.57. The van der Waals surface area contributed by atoms with E-state index in [9.17, 15) is 39.0 Å². The number of hydrogen-bond acceptors (Lipinski definition) is 8. The van der Waals surface area contributed by atoms with Crippen LogP contribution in [0, 0.1) is 0 Å². The molecular weight excluding hydrogens is 440 g/mol. The van der Waals surface area contributed by atoms with Gasteiger partial charge < -0.3 is 42.9 Å². The van der Waals surface area contributed by atoms with Crippen LogP contribution in [0.5, 0.6) is 0 Å². The van der Waals surface area contributed by atoms with Gasteiger partial charge in [-0.2, -0.15) is 0 Å². The van der Waals surface area contributed by atoms with E-state index in [1.165, 1.54) is 11.8 Å². The predicted octanol–water partition coefficient (Wildman–Crippen LogP) is -3.73. The van der Waals surface area contributed by atoms with E-state index < -0.39 is 65.8 Å². The maximum atomic E-state index is 12.9. The molecule has 1 aliphatic rings. The molecule has 0 aliphatic carbocycles. The molecule has 0 aromatic heterocycles. The summed E-state index contributed by atoms with van der Waals surface area (Å²) in [5, 5.41) is 23.5. The van der Waals surface area contributed by atoms with Crippen LogP contribution in [0.25, 0.3) is 0 Å². The van der Waals surface area contributed by atoms with Crippen LogP contribution in [0.1, 0.15) is 45.4 Å². The smallest absolute Gasteiger partial charge is 0.326 e. The van der Waals surface area contributed by atoms with E-state index in [4.69, 9.17) is 17.2 Å². The van der Waals surface area contributed by atoms with Crippen LogP contribution in [-0.2, 0) is 28.8 Å². The molecule has 0 aromatic rings. The highest BCUT2D eigenvalue weighted by Gasteiger charge is 2.38. The van der Waals surface area contributed by atoms with Gasteiger partial charge in [-0.1, -0.05) is 0 Å². The topological polar surface area (TPSA) is 248 Å². The fourth-order valence-corrected chi connectivity index (χ4v) is 3.34. The number of nitrogens with two attached hydrogens (primary N) is 3. The van der Waals surface area contributed by atoms with Crippen molar-refractivity contribution in [3.8, 4) is 0 Å². The number of aliphatic hydroxyl groups excluding tert-OH is 1. The number of carbonyl (C=O) groups excluding carboxylic acids is 5. The average molecular weight is 472 g/mol. The Morgan fingerprint density at radius 2 is 1.55 bits per heavy atom. The van der Waals surface area contributed by atoms with Crippen molar-refractivity contribution in [2.75, 3.05) is 6.54 Å². The Balaban J connectivity index is 2.95. The van der Waals surface area contributed by atoms with Crippen LogP contribution in [0.4, 0.5) is 0 Å². The summed E-state index contributed by atoms with van der Waals surface area (Å²) in [5.41, 5.74) is 15.8. The van der Waals surface area contributed by atoms with E-state index in [1.54, 1.807) is 0 Å². The first-order valence-corrected chi connectivity index (χ1v) is 10.5. The van der Waals surface area contributed by atoms with Crippen molar-refractivity contribution >= 4 is 35.5 Å². The van der Waals surface area contributed by atoms with Gasteiger partial charge in [0.25, 0.3) is 0 Å². The zero-order valence-corrected chi connectivity index (χ0v) is 18.4. The van der Waals surface area contributed by atoms with Gasteiger partial charge in [0.1, 0.15) is 24.2 Å². The van der Waals surface area contributed by atoms with E-state index in [-0.39, 0.29) is 38.6 Å².